The molecular weight excluding hydrogens is 932 g/mol. The topological polar surface area (TPSA) is 199 Å². The zero-order chi connectivity index (χ0) is 50.0. The molecule has 70 heavy (non-hydrogen) atoms. The number of nitrogens with one attached hydrogen (secondary N) is 3. The zero-order valence-corrected chi connectivity index (χ0v) is 40.5. The Labute approximate surface area is 407 Å². The number of aromatic amines is 1. The van der Waals surface area contributed by atoms with Crippen LogP contribution in [-0.4, -0.2) is 132 Å². The standard InChI is InChI=1S/C50H58F3N7O9S/c1-30(32-6-8-33(9-7-32)44-31(2)56-29-70-44)57-46(63)42-24-36(61)27-60(42)48(64)45(49(3,4)5)59-43(62)28-68-19-18-66-15-14-65-16-17-67-20-21-69-47-39(50(51,52)53)22-35(25-55-47)34-10-11-37-38-26-54-13-12-40(38)58-41(37)23-34/h6-13,22-23,25-26,29-30,36,42,45,58,61H,14-21,24,27-28H2,1-5H3,(H,57,63)(H,59,62)/t30-,36+,42-,45+/m0/s1. The second-order valence-corrected chi connectivity index (χ2v) is 18.9. The Bertz CT molecular complexity index is 2730. The van der Waals surface area contributed by atoms with E-state index in [4.69, 9.17) is 23.7 Å². The number of alkyl halides is 3. The van der Waals surface area contributed by atoms with Crippen molar-refractivity contribution in [3.8, 4) is 27.4 Å². The van der Waals surface area contributed by atoms with Crippen molar-refractivity contribution in [1.82, 2.24) is 35.5 Å². The molecule has 16 nitrogen and oxygen atoms in total. The van der Waals surface area contributed by atoms with Crippen LogP contribution in [0.4, 0.5) is 13.2 Å². The maximum absolute atomic E-state index is 14.1. The van der Waals surface area contributed by atoms with Crippen molar-refractivity contribution in [3.05, 3.63) is 95.5 Å². The molecule has 2 aromatic carbocycles. The molecule has 20 heteroatoms. The Hall–Kier alpha value is -6.03. The Morgan fingerprint density at radius 2 is 1.50 bits per heavy atom. The lowest BCUT2D eigenvalue weighted by Crippen LogP contribution is -2.58. The van der Waals surface area contributed by atoms with Gasteiger partial charge in [-0.25, -0.2) is 9.97 Å². The quantitative estimate of drug-likeness (QED) is 0.0507. The third kappa shape index (κ3) is 13.2. The number of ether oxygens (including phenoxy) is 5. The number of amides is 3. The number of carbonyl (C=O) groups is 3. The summed E-state index contributed by atoms with van der Waals surface area (Å²) in [6.07, 6.45) is -0.797. The van der Waals surface area contributed by atoms with Gasteiger partial charge in [0.15, 0.2) is 0 Å². The number of likely N-dealkylation sites (tertiary alicyclic amines) is 1. The molecule has 0 radical (unpaired) electrons. The SMILES string of the molecule is Cc1ncsc1-c1ccc([C@H](C)NC(=O)[C@@H]2C[C@@H](O)CN2C(=O)[C@@H](NC(=O)COCCOCCOCCOCCOc2ncc(-c3ccc4c(c3)[nH]c3ccncc34)cc2C(F)(F)F)C(C)(C)C)cc1. The van der Waals surface area contributed by atoms with Crippen LogP contribution in [0.5, 0.6) is 5.88 Å². The summed E-state index contributed by atoms with van der Waals surface area (Å²) in [7, 11) is 0. The Kier molecular flexibility index (Phi) is 17.2. The lowest BCUT2D eigenvalue weighted by molar-refractivity contribution is -0.144. The summed E-state index contributed by atoms with van der Waals surface area (Å²) in [6, 6.07) is 13.8. The number of aromatic nitrogens is 4. The van der Waals surface area contributed by atoms with Gasteiger partial charge in [-0.15, -0.1) is 11.3 Å². The summed E-state index contributed by atoms with van der Waals surface area (Å²) in [5.41, 5.74) is 5.41. The number of fused-ring (bicyclic) bond motifs is 3. The molecule has 0 unspecified atom stereocenters. The maximum Gasteiger partial charge on any atom is 0.421 e. The highest BCUT2D eigenvalue weighted by atomic mass is 32.1. The van der Waals surface area contributed by atoms with E-state index in [-0.39, 0.29) is 84.0 Å². The first-order chi connectivity index (χ1) is 33.5. The van der Waals surface area contributed by atoms with E-state index in [0.29, 0.717) is 5.56 Å². The van der Waals surface area contributed by atoms with Crippen molar-refractivity contribution >= 4 is 50.9 Å². The Morgan fingerprint density at radius 1 is 0.829 bits per heavy atom. The molecule has 5 heterocycles. The molecular formula is C50H58F3N7O9S. The fourth-order valence-electron chi connectivity index (χ4n) is 8.09. The Morgan fingerprint density at radius 3 is 2.16 bits per heavy atom. The second kappa shape index (κ2) is 23.3. The maximum atomic E-state index is 14.1. The van der Waals surface area contributed by atoms with E-state index in [9.17, 15) is 32.7 Å². The van der Waals surface area contributed by atoms with E-state index in [1.165, 1.54) is 11.1 Å². The van der Waals surface area contributed by atoms with Gasteiger partial charge in [-0.05, 0) is 54.2 Å². The fraction of sp³-hybridized carbons (Fsp3) is 0.440. The van der Waals surface area contributed by atoms with Gasteiger partial charge in [-0.1, -0.05) is 57.2 Å². The minimum absolute atomic E-state index is 0.00599. The van der Waals surface area contributed by atoms with E-state index < -0.39 is 58.9 Å². The third-order valence-electron chi connectivity index (χ3n) is 11.8. The van der Waals surface area contributed by atoms with Gasteiger partial charge in [0.2, 0.25) is 23.6 Å². The average Bonchev–Trinajstić information content (AvgIpc) is 4.05. The minimum Gasteiger partial charge on any atom is -0.475 e. The first-order valence-electron chi connectivity index (χ1n) is 22.9. The monoisotopic (exact) mass is 989 g/mol. The van der Waals surface area contributed by atoms with Gasteiger partial charge < -0.3 is 49.3 Å². The number of nitrogens with zero attached hydrogens (tertiary/aromatic N) is 4. The second-order valence-electron chi connectivity index (χ2n) is 18.0. The van der Waals surface area contributed by atoms with E-state index in [1.807, 2.05) is 50.2 Å². The third-order valence-corrected chi connectivity index (χ3v) is 12.7. The van der Waals surface area contributed by atoms with Crippen LogP contribution in [0.3, 0.4) is 0 Å². The molecule has 1 aliphatic rings. The van der Waals surface area contributed by atoms with Crippen LogP contribution >= 0.6 is 11.3 Å². The lowest BCUT2D eigenvalue weighted by atomic mass is 9.85. The molecule has 0 bridgehead atoms. The molecule has 4 aromatic heterocycles. The van der Waals surface area contributed by atoms with Crippen molar-refractivity contribution in [2.45, 2.75) is 71.4 Å². The molecule has 0 saturated carbocycles. The van der Waals surface area contributed by atoms with Crippen molar-refractivity contribution < 1.29 is 56.3 Å². The highest BCUT2D eigenvalue weighted by Gasteiger charge is 2.45. The predicted octanol–water partition coefficient (Wildman–Crippen LogP) is 7.04. The van der Waals surface area contributed by atoms with Gasteiger partial charge in [-0.3, -0.25) is 19.4 Å². The minimum atomic E-state index is -4.70. The van der Waals surface area contributed by atoms with E-state index >= 15 is 0 Å². The number of aliphatic hydroxyl groups excluding tert-OH is 1. The van der Waals surface area contributed by atoms with Gasteiger partial charge in [0.05, 0.1) is 74.5 Å². The van der Waals surface area contributed by atoms with Crippen molar-refractivity contribution in [2.75, 3.05) is 66.0 Å². The molecule has 4 N–H and O–H groups in total. The smallest absolute Gasteiger partial charge is 0.421 e. The molecule has 7 rings (SSSR count). The Balaban J connectivity index is 0.758. The van der Waals surface area contributed by atoms with Crippen molar-refractivity contribution in [1.29, 1.82) is 0 Å². The highest BCUT2D eigenvalue weighted by Crippen LogP contribution is 2.38. The van der Waals surface area contributed by atoms with Crippen LogP contribution < -0.4 is 15.4 Å². The number of benzene rings is 2. The molecule has 0 spiro atoms. The normalized spacial score (nSPS) is 16.2. The highest BCUT2D eigenvalue weighted by molar-refractivity contribution is 7.13. The number of aryl methyl sites for hydroxylation is 1. The number of H-pyrrole nitrogens is 1. The summed E-state index contributed by atoms with van der Waals surface area (Å²) in [4.78, 5) is 58.7. The molecule has 6 aromatic rings. The number of halogens is 3. The summed E-state index contributed by atoms with van der Waals surface area (Å²) < 4.78 is 69.5. The zero-order valence-electron chi connectivity index (χ0n) is 39.6. The van der Waals surface area contributed by atoms with Crippen LogP contribution in [0.1, 0.15) is 57.0 Å². The largest absolute Gasteiger partial charge is 0.475 e. The number of aliphatic hydroxyl groups is 1. The van der Waals surface area contributed by atoms with Gasteiger partial charge in [0.1, 0.15) is 30.9 Å². The van der Waals surface area contributed by atoms with Gasteiger partial charge in [0.25, 0.3) is 0 Å². The molecule has 3 amide bonds. The number of hydrogen-bond donors (Lipinski definition) is 4. The van der Waals surface area contributed by atoms with Crippen LogP contribution in [0, 0.1) is 12.3 Å². The number of β-amino-alcohol motifs (C(OH)–C–C–N with tert-alkyl or cyclic N) is 1. The first-order valence-corrected chi connectivity index (χ1v) is 23.8. The first kappa shape index (κ1) is 51.8. The number of pyridine rings is 2. The fourth-order valence-corrected chi connectivity index (χ4v) is 8.91. The number of rotatable bonds is 22. The predicted molar refractivity (Wildman–Crippen MR) is 257 cm³/mol. The number of carbonyl (C=O) groups excluding carboxylic acids is 3. The van der Waals surface area contributed by atoms with Gasteiger partial charge in [0, 0.05) is 58.9 Å². The number of hydrogen-bond acceptors (Lipinski definition) is 13. The summed E-state index contributed by atoms with van der Waals surface area (Å²) in [5.74, 6) is -1.95. The summed E-state index contributed by atoms with van der Waals surface area (Å²) >= 11 is 1.56. The molecule has 1 saturated heterocycles. The molecule has 0 aliphatic carbocycles. The van der Waals surface area contributed by atoms with Gasteiger partial charge >= 0.3 is 6.18 Å². The van der Waals surface area contributed by atoms with E-state index in [1.54, 1.807) is 62.1 Å². The summed E-state index contributed by atoms with van der Waals surface area (Å²) in [5, 5.41) is 18.2. The summed E-state index contributed by atoms with van der Waals surface area (Å²) in [6.45, 7) is 9.74. The van der Waals surface area contributed by atoms with E-state index in [2.05, 4.69) is 30.6 Å². The van der Waals surface area contributed by atoms with Crippen LogP contribution in [0.2, 0.25) is 0 Å². The molecule has 1 aliphatic heterocycles. The number of thiazole rings is 1. The average molecular weight is 990 g/mol. The van der Waals surface area contributed by atoms with Crippen LogP contribution in [0.15, 0.2) is 78.7 Å². The molecule has 4 atom stereocenters. The molecule has 1 fully saturated rings. The van der Waals surface area contributed by atoms with Gasteiger partial charge in [-0.2, -0.15) is 13.2 Å². The molecule has 374 valence electrons. The lowest BCUT2D eigenvalue weighted by Gasteiger charge is -2.35. The van der Waals surface area contributed by atoms with Crippen molar-refractivity contribution in [3.63, 3.8) is 0 Å². The van der Waals surface area contributed by atoms with Crippen LogP contribution in [-0.2, 0) is 39.5 Å². The van der Waals surface area contributed by atoms with Crippen molar-refractivity contribution in [2.24, 2.45) is 5.41 Å². The van der Waals surface area contributed by atoms with Crippen LogP contribution in [0.25, 0.3) is 43.4 Å². The van der Waals surface area contributed by atoms with E-state index in [0.717, 1.165) is 49.6 Å².